The van der Waals surface area contributed by atoms with Crippen molar-refractivity contribution in [3.05, 3.63) is 42.2 Å². The van der Waals surface area contributed by atoms with Crippen molar-refractivity contribution in [2.75, 3.05) is 6.61 Å². The zero-order valence-corrected chi connectivity index (χ0v) is 22.1. The van der Waals surface area contributed by atoms with Crippen molar-refractivity contribution >= 4 is 0 Å². The minimum absolute atomic E-state index is 0.0888. The van der Waals surface area contributed by atoms with Gasteiger partial charge in [-0.25, -0.2) is 9.97 Å². The maximum atomic E-state index is 9.87. The number of nitriles is 1. The van der Waals surface area contributed by atoms with Crippen molar-refractivity contribution in [1.29, 1.82) is 5.26 Å². The lowest BCUT2D eigenvalue weighted by Crippen LogP contribution is -2.28. The third-order valence-corrected chi connectivity index (χ3v) is 7.68. The summed E-state index contributed by atoms with van der Waals surface area (Å²) in [5, 5.41) is 9.87. The number of hydrogen-bond donors (Lipinski definition) is 0. The Morgan fingerprint density at radius 2 is 1.51 bits per heavy atom. The van der Waals surface area contributed by atoms with Crippen LogP contribution in [0.5, 0.6) is 5.75 Å². The molecule has 4 heteroatoms. The van der Waals surface area contributed by atoms with E-state index in [1.54, 1.807) is 0 Å². The standard InChI is InChI=1S/C31H45N3O/c1-3-5-7-8-9-11-19-31(25-32)20-17-26(18-21-31)24-35-29-15-13-28(14-16-29)30-33-22-27(23-34-30)12-10-6-4-2/h13-16,22-23,26H,3-12,17-21,24H2,1-2H3. The maximum absolute atomic E-state index is 9.87. The van der Waals surface area contributed by atoms with Crippen molar-refractivity contribution in [2.45, 2.75) is 110 Å². The molecular weight excluding hydrogens is 430 g/mol. The zero-order chi connectivity index (χ0) is 24.8. The van der Waals surface area contributed by atoms with E-state index < -0.39 is 0 Å². The van der Waals surface area contributed by atoms with Gasteiger partial charge in [-0.3, -0.25) is 0 Å². The first-order valence-corrected chi connectivity index (χ1v) is 14.1. The highest BCUT2D eigenvalue weighted by atomic mass is 16.5. The molecule has 4 nitrogen and oxygen atoms in total. The zero-order valence-electron chi connectivity index (χ0n) is 22.1. The van der Waals surface area contributed by atoms with E-state index in [1.165, 1.54) is 63.4 Å². The molecule has 1 saturated carbocycles. The minimum Gasteiger partial charge on any atom is -0.493 e. The molecular formula is C31H45N3O. The third kappa shape index (κ3) is 8.95. The Labute approximate surface area is 213 Å². The molecule has 0 bridgehead atoms. The maximum Gasteiger partial charge on any atom is 0.159 e. The summed E-state index contributed by atoms with van der Waals surface area (Å²) >= 11 is 0. The van der Waals surface area contributed by atoms with Crippen molar-refractivity contribution in [3.8, 4) is 23.2 Å². The predicted molar refractivity (Wildman–Crippen MR) is 144 cm³/mol. The van der Waals surface area contributed by atoms with E-state index in [9.17, 15) is 5.26 Å². The second kappa shape index (κ2) is 14.9. The Morgan fingerprint density at radius 3 is 2.17 bits per heavy atom. The van der Waals surface area contributed by atoms with Crippen LogP contribution < -0.4 is 4.74 Å². The van der Waals surface area contributed by atoms with Crippen LogP contribution in [0.3, 0.4) is 0 Å². The first-order chi connectivity index (χ1) is 17.2. The van der Waals surface area contributed by atoms with Gasteiger partial charge in [0.05, 0.1) is 18.1 Å². The third-order valence-electron chi connectivity index (χ3n) is 7.68. The van der Waals surface area contributed by atoms with E-state index in [0.717, 1.165) is 62.3 Å². The normalized spacial score (nSPS) is 19.9. The van der Waals surface area contributed by atoms with Crippen LogP contribution in [0.4, 0.5) is 0 Å². The van der Waals surface area contributed by atoms with E-state index in [4.69, 9.17) is 4.74 Å². The number of nitrogens with zero attached hydrogens (tertiary/aromatic N) is 3. The van der Waals surface area contributed by atoms with Crippen LogP contribution in [0.2, 0.25) is 0 Å². The number of aromatic nitrogens is 2. The molecule has 0 amide bonds. The molecule has 1 aromatic heterocycles. The van der Waals surface area contributed by atoms with Gasteiger partial charge in [0.2, 0.25) is 0 Å². The van der Waals surface area contributed by atoms with Crippen molar-refractivity contribution in [1.82, 2.24) is 9.97 Å². The molecule has 1 aromatic carbocycles. The Bertz CT molecular complexity index is 877. The molecule has 0 atom stereocenters. The Morgan fingerprint density at radius 1 is 0.886 bits per heavy atom. The van der Waals surface area contributed by atoms with Gasteiger partial charge in [0.1, 0.15) is 5.75 Å². The Hall–Kier alpha value is -2.41. The van der Waals surface area contributed by atoms with Crippen LogP contribution in [0, 0.1) is 22.7 Å². The van der Waals surface area contributed by atoms with E-state index in [1.807, 2.05) is 36.7 Å². The monoisotopic (exact) mass is 475 g/mol. The lowest BCUT2D eigenvalue weighted by Gasteiger charge is -2.35. The largest absolute Gasteiger partial charge is 0.493 e. The molecule has 1 aliphatic rings. The van der Waals surface area contributed by atoms with Crippen molar-refractivity contribution in [3.63, 3.8) is 0 Å². The van der Waals surface area contributed by atoms with E-state index in [0.29, 0.717) is 5.92 Å². The summed E-state index contributed by atoms with van der Waals surface area (Å²) in [5.41, 5.74) is 2.14. The highest BCUT2D eigenvalue weighted by Crippen LogP contribution is 2.42. The first-order valence-electron chi connectivity index (χ1n) is 14.1. The molecule has 0 N–H and O–H groups in total. The summed E-state index contributed by atoms with van der Waals surface area (Å²) in [7, 11) is 0. The van der Waals surface area contributed by atoms with Gasteiger partial charge in [0, 0.05) is 18.0 Å². The minimum atomic E-state index is -0.0888. The van der Waals surface area contributed by atoms with Crippen LogP contribution in [0.1, 0.15) is 109 Å². The fraction of sp³-hybridized carbons (Fsp3) is 0.645. The van der Waals surface area contributed by atoms with Gasteiger partial charge in [0.15, 0.2) is 5.82 Å². The van der Waals surface area contributed by atoms with Gasteiger partial charge < -0.3 is 4.74 Å². The average molecular weight is 476 g/mol. The number of hydrogen-bond acceptors (Lipinski definition) is 4. The van der Waals surface area contributed by atoms with Crippen LogP contribution in [0.15, 0.2) is 36.7 Å². The molecule has 0 unspecified atom stereocenters. The Balaban J connectivity index is 1.39. The van der Waals surface area contributed by atoms with Gasteiger partial charge in [0.25, 0.3) is 0 Å². The fourth-order valence-electron chi connectivity index (χ4n) is 5.18. The summed E-state index contributed by atoms with van der Waals surface area (Å²) in [6.45, 7) is 5.21. The summed E-state index contributed by atoms with van der Waals surface area (Å²) in [6.07, 6.45) is 21.7. The predicted octanol–water partition coefficient (Wildman–Crippen LogP) is 8.71. The summed E-state index contributed by atoms with van der Waals surface area (Å²) in [5.74, 6) is 2.21. The lowest BCUT2D eigenvalue weighted by molar-refractivity contribution is 0.144. The highest BCUT2D eigenvalue weighted by Gasteiger charge is 2.35. The summed E-state index contributed by atoms with van der Waals surface area (Å²) in [4.78, 5) is 9.12. The molecule has 2 aromatic rings. The number of ether oxygens (including phenoxy) is 1. The number of rotatable bonds is 15. The van der Waals surface area contributed by atoms with Crippen molar-refractivity contribution in [2.24, 2.45) is 11.3 Å². The molecule has 0 spiro atoms. The van der Waals surface area contributed by atoms with E-state index >= 15 is 0 Å². The molecule has 1 fully saturated rings. The molecule has 0 saturated heterocycles. The van der Waals surface area contributed by atoms with Crippen LogP contribution in [0.25, 0.3) is 11.4 Å². The number of unbranched alkanes of at least 4 members (excludes halogenated alkanes) is 7. The van der Waals surface area contributed by atoms with Crippen LogP contribution >= 0.6 is 0 Å². The number of aryl methyl sites for hydroxylation is 1. The Kier molecular flexibility index (Phi) is 11.5. The van der Waals surface area contributed by atoms with Gasteiger partial charge >= 0.3 is 0 Å². The first kappa shape index (κ1) is 27.2. The highest BCUT2D eigenvalue weighted by molar-refractivity contribution is 5.55. The second-order valence-corrected chi connectivity index (χ2v) is 10.6. The fourth-order valence-corrected chi connectivity index (χ4v) is 5.18. The van der Waals surface area contributed by atoms with Gasteiger partial charge in [-0.1, -0.05) is 65.2 Å². The van der Waals surface area contributed by atoms with Crippen molar-refractivity contribution < 1.29 is 4.74 Å². The van der Waals surface area contributed by atoms with Crippen LogP contribution in [-0.2, 0) is 6.42 Å². The van der Waals surface area contributed by atoms with E-state index in [-0.39, 0.29) is 5.41 Å². The molecule has 3 rings (SSSR count). The molecule has 0 radical (unpaired) electrons. The lowest BCUT2D eigenvalue weighted by atomic mass is 9.69. The second-order valence-electron chi connectivity index (χ2n) is 10.6. The summed E-state index contributed by atoms with van der Waals surface area (Å²) in [6, 6.07) is 10.8. The SMILES string of the molecule is CCCCCCCCC1(C#N)CCC(COc2ccc(-c3ncc(CCCCC)cn3)cc2)CC1. The molecule has 190 valence electrons. The quantitative estimate of drug-likeness (QED) is 0.242. The average Bonchev–Trinajstić information content (AvgIpc) is 2.91. The van der Waals surface area contributed by atoms with E-state index in [2.05, 4.69) is 29.9 Å². The molecule has 1 heterocycles. The molecule has 0 aliphatic heterocycles. The van der Waals surface area contributed by atoms with Gasteiger partial charge in [-0.15, -0.1) is 0 Å². The smallest absolute Gasteiger partial charge is 0.159 e. The van der Waals surface area contributed by atoms with Crippen LogP contribution in [-0.4, -0.2) is 16.6 Å². The van der Waals surface area contributed by atoms with Gasteiger partial charge in [-0.05, 0) is 80.7 Å². The number of benzene rings is 1. The van der Waals surface area contributed by atoms with Gasteiger partial charge in [-0.2, -0.15) is 5.26 Å². The topological polar surface area (TPSA) is 58.8 Å². The molecule has 35 heavy (non-hydrogen) atoms. The molecule has 1 aliphatic carbocycles. The summed E-state index contributed by atoms with van der Waals surface area (Å²) < 4.78 is 6.12.